The van der Waals surface area contributed by atoms with E-state index in [0.29, 0.717) is 17.8 Å². The lowest BCUT2D eigenvalue weighted by Crippen LogP contribution is -2.38. The van der Waals surface area contributed by atoms with Gasteiger partial charge in [-0.15, -0.1) is 0 Å². The summed E-state index contributed by atoms with van der Waals surface area (Å²) in [6.07, 6.45) is 0. The highest BCUT2D eigenvalue weighted by atomic mass is 16.2. The third kappa shape index (κ3) is 3.48. The Labute approximate surface area is 101 Å². The number of hydrogen-bond donors (Lipinski definition) is 2. The number of nitrogens with one attached hydrogen (secondary N) is 1. The summed E-state index contributed by atoms with van der Waals surface area (Å²) in [6, 6.07) is 6.80. The molecular formula is C12H17N3O2. The number of likely N-dealkylation sites (N-methyl/N-ethyl adjacent to an activating group) is 2. The Morgan fingerprint density at radius 3 is 2.59 bits per heavy atom. The maximum atomic E-state index is 12.0. The van der Waals surface area contributed by atoms with E-state index < -0.39 is 0 Å². The zero-order valence-electron chi connectivity index (χ0n) is 10.1. The van der Waals surface area contributed by atoms with E-state index in [2.05, 4.69) is 5.32 Å². The summed E-state index contributed by atoms with van der Waals surface area (Å²) >= 11 is 0. The summed E-state index contributed by atoms with van der Waals surface area (Å²) in [4.78, 5) is 24.7. The third-order valence-corrected chi connectivity index (χ3v) is 2.29. The second kappa shape index (κ2) is 5.89. The van der Waals surface area contributed by atoms with Gasteiger partial charge in [0, 0.05) is 19.3 Å². The molecule has 1 aromatic rings. The second-order valence-corrected chi connectivity index (χ2v) is 3.70. The predicted molar refractivity (Wildman–Crippen MR) is 66.5 cm³/mol. The van der Waals surface area contributed by atoms with Crippen molar-refractivity contribution in [2.24, 2.45) is 0 Å². The third-order valence-electron chi connectivity index (χ3n) is 2.29. The van der Waals surface area contributed by atoms with E-state index in [4.69, 9.17) is 5.73 Å². The minimum absolute atomic E-state index is 0.0288. The summed E-state index contributed by atoms with van der Waals surface area (Å²) in [5, 5.41) is 2.63. The van der Waals surface area contributed by atoms with Gasteiger partial charge in [-0.1, -0.05) is 12.1 Å². The maximum absolute atomic E-state index is 12.0. The Morgan fingerprint density at radius 1 is 1.35 bits per heavy atom. The number of nitrogens with zero attached hydrogens (tertiary/aromatic N) is 1. The second-order valence-electron chi connectivity index (χ2n) is 3.70. The molecule has 0 aromatic heterocycles. The summed E-state index contributed by atoms with van der Waals surface area (Å²) in [5.74, 6) is -0.438. The number of anilines is 1. The van der Waals surface area contributed by atoms with E-state index in [9.17, 15) is 9.59 Å². The van der Waals surface area contributed by atoms with E-state index in [1.165, 1.54) is 4.90 Å². The summed E-state index contributed by atoms with van der Waals surface area (Å²) in [6.45, 7) is 2.41. The van der Waals surface area contributed by atoms with Gasteiger partial charge in [0.15, 0.2) is 0 Å². The number of carbonyl (C=O) groups excluding carboxylic acids is 2. The van der Waals surface area contributed by atoms with Crippen molar-refractivity contribution < 1.29 is 9.59 Å². The maximum Gasteiger partial charge on any atom is 0.256 e. The van der Waals surface area contributed by atoms with Crippen molar-refractivity contribution in [3.63, 3.8) is 0 Å². The van der Waals surface area contributed by atoms with Gasteiger partial charge in [-0.05, 0) is 19.1 Å². The number of nitrogen functional groups attached to an aromatic ring is 1. The van der Waals surface area contributed by atoms with Crippen molar-refractivity contribution in [2.75, 3.05) is 25.9 Å². The zero-order valence-corrected chi connectivity index (χ0v) is 10.1. The van der Waals surface area contributed by atoms with Crippen LogP contribution in [0.15, 0.2) is 24.3 Å². The molecule has 1 rings (SSSR count). The SMILES string of the molecule is CCNC(=O)CN(C)C(=O)c1ccccc1N. The molecule has 5 heteroatoms. The van der Waals surface area contributed by atoms with Crippen molar-refractivity contribution in [3.8, 4) is 0 Å². The van der Waals surface area contributed by atoms with Crippen molar-refractivity contribution in [3.05, 3.63) is 29.8 Å². The van der Waals surface area contributed by atoms with Gasteiger partial charge in [0.25, 0.3) is 5.91 Å². The van der Waals surface area contributed by atoms with E-state index in [0.717, 1.165) is 0 Å². The van der Waals surface area contributed by atoms with Crippen LogP contribution < -0.4 is 11.1 Å². The van der Waals surface area contributed by atoms with E-state index in [1.807, 2.05) is 6.92 Å². The van der Waals surface area contributed by atoms with Crippen LogP contribution in [0.25, 0.3) is 0 Å². The lowest BCUT2D eigenvalue weighted by molar-refractivity contribution is -0.121. The molecule has 1 aromatic carbocycles. The molecule has 0 aliphatic rings. The average Bonchev–Trinajstić information content (AvgIpc) is 2.29. The Balaban J connectivity index is 2.70. The fourth-order valence-corrected chi connectivity index (χ4v) is 1.44. The molecule has 0 unspecified atom stereocenters. The van der Waals surface area contributed by atoms with Crippen LogP contribution in [0.2, 0.25) is 0 Å². The first kappa shape index (κ1) is 13.0. The lowest BCUT2D eigenvalue weighted by Gasteiger charge is -2.17. The molecule has 0 heterocycles. The fraction of sp³-hybridized carbons (Fsp3) is 0.333. The zero-order chi connectivity index (χ0) is 12.8. The quantitative estimate of drug-likeness (QED) is 0.745. The Bertz CT molecular complexity index is 418. The highest BCUT2D eigenvalue weighted by molar-refractivity contribution is 6.00. The number of hydrogen-bond acceptors (Lipinski definition) is 3. The Hall–Kier alpha value is -2.04. The highest BCUT2D eigenvalue weighted by Gasteiger charge is 2.16. The molecule has 0 saturated carbocycles. The largest absolute Gasteiger partial charge is 0.398 e. The number of carbonyl (C=O) groups is 2. The molecule has 0 atom stereocenters. The van der Waals surface area contributed by atoms with Crippen molar-refractivity contribution in [1.29, 1.82) is 0 Å². The van der Waals surface area contributed by atoms with Gasteiger partial charge in [0.2, 0.25) is 5.91 Å². The van der Waals surface area contributed by atoms with Gasteiger partial charge in [0.05, 0.1) is 12.1 Å². The summed E-state index contributed by atoms with van der Waals surface area (Å²) in [7, 11) is 1.57. The molecule has 0 radical (unpaired) electrons. The molecule has 3 N–H and O–H groups in total. The van der Waals surface area contributed by atoms with E-state index >= 15 is 0 Å². The lowest BCUT2D eigenvalue weighted by atomic mass is 10.1. The standard InChI is InChI=1S/C12H17N3O2/c1-3-14-11(16)8-15(2)12(17)9-6-4-5-7-10(9)13/h4-7H,3,8,13H2,1-2H3,(H,14,16). The van der Waals surface area contributed by atoms with Crippen LogP contribution in [0.4, 0.5) is 5.69 Å². The van der Waals surface area contributed by atoms with Gasteiger partial charge in [-0.25, -0.2) is 0 Å². The van der Waals surface area contributed by atoms with E-state index in [-0.39, 0.29) is 18.4 Å². The fourth-order valence-electron chi connectivity index (χ4n) is 1.44. The first-order valence-electron chi connectivity index (χ1n) is 5.43. The van der Waals surface area contributed by atoms with Crippen LogP contribution in [0.1, 0.15) is 17.3 Å². The molecule has 0 saturated heterocycles. The number of para-hydroxylation sites is 1. The molecule has 0 aliphatic carbocycles. The monoisotopic (exact) mass is 235 g/mol. The summed E-state index contributed by atoms with van der Waals surface area (Å²) in [5.41, 5.74) is 6.53. The Kier molecular flexibility index (Phi) is 4.51. The summed E-state index contributed by atoms with van der Waals surface area (Å²) < 4.78 is 0. The van der Waals surface area contributed by atoms with Gasteiger partial charge in [0.1, 0.15) is 0 Å². The van der Waals surface area contributed by atoms with Crippen molar-refractivity contribution in [1.82, 2.24) is 10.2 Å². The molecule has 5 nitrogen and oxygen atoms in total. The number of nitrogens with two attached hydrogens (primary N) is 1. The van der Waals surface area contributed by atoms with Crippen LogP contribution in [-0.4, -0.2) is 36.9 Å². The van der Waals surface area contributed by atoms with Crippen molar-refractivity contribution in [2.45, 2.75) is 6.92 Å². The van der Waals surface area contributed by atoms with Gasteiger partial charge in [-0.3, -0.25) is 9.59 Å². The smallest absolute Gasteiger partial charge is 0.256 e. The topological polar surface area (TPSA) is 75.4 Å². The van der Waals surface area contributed by atoms with Crippen LogP contribution >= 0.6 is 0 Å². The number of benzene rings is 1. The van der Waals surface area contributed by atoms with Gasteiger partial charge in [-0.2, -0.15) is 0 Å². The van der Waals surface area contributed by atoms with Crippen LogP contribution in [0.5, 0.6) is 0 Å². The average molecular weight is 235 g/mol. The van der Waals surface area contributed by atoms with Crippen LogP contribution in [-0.2, 0) is 4.79 Å². The van der Waals surface area contributed by atoms with Crippen molar-refractivity contribution >= 4 is 17.5 Å². The number of rotatable bonds is 4. The first-order valence-corrected chi connectivity index (χ1v) is 5.43. The molecule has 0 spiro atoms. The Morgan fingerprint density at radius 2 is 2.00 bits per heavy atom. The number of amides is 2. The predicted octanol–water partition coefficient (Wildman–Crippen LogP) is 0.477. The van der Waals surface area contributed by atoms with E-state index in [1.54, 1.807) is 31.3 Å². The van der Waals surface area contributed by atoms with Crippen LogP contribution in [0, 0.1) is 0 Å². The van der Waals surface area contributed by atoms with Gasteiger partial charge >= 0.3 is 0 Å². The molecule has 0 bridgehead atoms. The minimum Gasteiger partial charge on any atom is -0.398 e. The van der Waals surface area contributed by atoms with Crippen LogP contribution in [0.3, 0.4) is 0 Å². The molecule has 17 heavy (non-hydrogen) atoms. The normalized spacial score (nSPS) is 9.76. The molecule has 92 valence electrons. The molecule has 0 fully saturated rings. The first-order chi connectivity index (χ1) is 8.06. The molecule has 0 aliphatic heterocycles. The highest BCUT2D eigenvalue weighted by Crippen LogP contribution is 2.12. The molecule has 2 amide bonds. The van der Waals surface area contributed by atoms with Gasteiger partial charge < -0.3 is 16.0 Å². The molecular weight excluding hydrogens is 218 g/mol. The minimum atomic E-state index is -0.255.